The van der Waals surface area contributed by atoms with Crippen molar-refractivity contribution in [1.82, 2.24) is 35.1 Å². The van der Waals surface area contributed by atoms with Gasteiger partial charge in [0.15, 0.2) is 0 Å². The van der Waals surface area contributed by atoms with Crippen molar-refractivity contribution in [1.29, 1.82) is 0 Å². The lowest BCUT2D eigenvalue weighted by atomic mass is 9.93. The number of nitrogens with one attached hydrogen (secondary N) is 3. The first-order chi connectivity index (χ1) is 24.3. The third-order valence-electron chi connectivity index (χ3n) is 9.09. The maximum Gasteiger partial charge on any atom is 0.261 e. The molecule has 6 aromatic rings. The zero-order chi connectivity index (χ0) is 36.2. The average Bonchev–Trinajstić information content (AvgIpc) is 3.66. The van der Waals surface area contributed by atoms with E-state index < -0.39 is 10.1 Å². The third kappa shape index (κ3) is 6.24. The molecule has 0 radical (unpaired) electrons. The monoisotopic (exact) mass is 709 g/mol. The summed E-state index contributed by atoms with van der Waals surface area (Å²) in [7, 11) is -3.67. The molecule has 4 N–H and O–H groups in total. The number of unbranched alkanes of at least 4 members (excludes halogenated alkanes) is 1. The summed E-state index contributed by atoms with van der Waals surface area (Å²) in [4.78, 5) is 71.8. The van der Waals surface area contributed by atoms with Crippen molar-refractivity contribution in [3.8, 4) is 0 Å². The van der Waals surface area contributed by atoms with Gasteiger partial charge in [0.25, 0.3) is 33.7 Å². The maximum atomic E-state index is 13.5. The molecule has 0 aliphatic carbocycles. The van der Waals surface area contributed by atoms with E-state index in [1.807, 2.05) is 38.1 Å². The summed E-state index contributed by atoms with van der Waals surface area (Å²) in [6.07, 6.45) is 2.71. The number of H-pyrrole nitrogens is 2. The first-order valence-corrected chi connectivity index (χ1v) is 18.4. The Labute approximate surface area is 292 Å². The van der Waals surface area contributed by atoms with Crippen LogP contribution in [-0.4, -0.2) is 98.8 Å². The molecule has 0 fully saturated rings. The molecule has 51 heavy (non-hydrogen) atoms. The smallest absolute Gasteiger partial charge is 0.261 e. The molecule has 4 aromatic carbocycles. The van der Waals surface area contributed by atoms with Gasteiger partial charge in [0.05, 0.1) is 39.4 Å². The van der Waals surface area contributed by atoms with Crippen LogP contribution in [0.4, 0.5) is 0 Å². The largest absolute Gasteiger partial charge is 0.342 e. The van der Waals surface area contributed by atoms with Crippen LogP contribution in [0.2, 0.25) is 0 Å². The number of hydrogen-bond acceptors (Lipinski definition) is 9. The number of amides is 4. The summed E-state index contributed by atoms with van der Waals surface area (Å²) in [5.74, 6) is 0.359. The molecule has 4 amide bonds. The Balaban J connectivity index is 0.000000761. The molecule has 2 aromatic heterocycles. The number of hydrogen-bond donors (Lipinski definition) is 4. The highest BCUT2D eigenvalue weighted by atomic mass is 32.2. The topological polar surface area (TPSA) is 199 Å². The van der Waals surface area contributed by atoms with Crippen molar-refractivity contribution in [2.24, 2.45) is 0 Å². The summed E-state index contributed by atoms with van der Waals surface area (Å²) < 4.78 is 25.9. The van der Waals surface area contributed by atoms with Crippen molar-refractivity contribution in [2.45, 2.75) is 33.1 Å². The number of rotatable bonds is 9. The van der Waals surface area contributed by atoms with Crippen LogP contribution in [0.25, 0.3) is 43.6 Å². The third-order valence-corrected chi connectivity index (χ3v) is 9.09. The molecule has 15 heteroatoms. The van der Waals surface area contributed by atoms with E-state index in [1.54, 1.807) is 24.3 Å². The molecule has 0 unspecified atom stereocenters. The maximum absolute atomic E-state index is 13.5. The number of carbonyl (C=O) groups excluding carboxylic acids is 4. The normalized spacial score (nSPS) is 14.4. The van der Waals surface area contributed by atoms with Crippen LogP contribution in [0, 0.1) is 13.8 Å². The van der Waals surface area contributed by atoms with E-state index in [-0.39, 0.29) is 23.6 Å². The first-order valence-electron chi connectivity index (χ1n) is 16.5. The summed E-state index contributed by atoms with van der Waals surface area (Å²) in [5, 5.41) is 6.39. The molecule has 14 nitrogen and oxygen atoms in total. The minimum atomic E-state index is -3.67. The average molecular weight is 710 g/mol. The van der Waals surface area contributed by atoms with Gasteiger partial charge in [0, 0.05) is 45.8 Å². The zero-order valence-corrected chi connectivity index (χ0v) is 29.0. The van der Waals surface area contributed by atoms with Crippen molar-refractivity contribution in [3.05, 3.63) is 82.4 Å². The van der Waals surface area contributed by atoms with Gasteiger partial charge in [-0.15, -0.1) is 0 Å². The van der Waals surface area contributed by atoms with Gasteiger partial charge in [0.1, 0.15) is 11.6 Å². The highest BCUT2D eigenvalue weighted by Gasteiger charge is 2.35. The summed E-state index contributed by atoms with van der Waals surface area (Å²) in [6.45, 7) is 5.64. The van der Waals surface area contributed by atoms with Crippen LogP contribution in [0.3, 0.4) is 0 Å². The van der Waals surface area contributed by atoms with Gasteiger partial charge in [0.2, 0.25) is 0 Å². The second-order valence-corrected chi connectivity index (χ2v) is 14.3. The van der Waals surface area contributed by atoms with Gasteiger partial charge in [-0.05, 0) is 70.5 Å². The van der Waals surface area contributed by atoms with Gasteiger partial charge in [-0.3, -0.25) is 33.5 Å². The fourth-order valence-corrected chi connectivity index (χ4v) is 7.03. The number of benzene rings is 4. The van der Waals surface area contributed by atoms with E-state index in [4.69, 9.17) is 4.55 Å². The Bertz CT molecular complexity index is 2390. The van der Waals surface area contributed by atoms with E-state index in [0.717, 1.165) is 39.9 Å². The molecule has 8 rings (SSSR count). The number of aromatic amines is 2. The SMILES string of the molecule is CS(=O)(=O)O.Cc1nc2cc3c4c(cccc4c2[nH]1)C(=O)N(CCCCNCCCN1C(=O)c2cccc4c2c(cc2nc(C)[nH]c24)C1=O)C3=O. The molecule has 0 saturated heterocycles. The van der Waals surface area contributed by atoms with Crippen LogP contribution < -0.4 is 5.32 Å². The molecule has 0 spiro atoms. The highest BCUT2D eigenvalue weighted by Crippen LogP contribution is 2.36. The first kappa shape index (κ1) is 34.0. The second-order valence-electron chi connectivity index (χ2n) is 12.8. The van der Waals surface area contributed by atoms with Gasteiger partial charge in [-0.1, -0.05) is 24.3 Å². The van der Waals surface area contributed by atoms with Gasteiger partial charge in [-0.2, -0.15) is 8.42 Å². The molecular formula is C36H35N7O7S. The molecule has 2 aliphatic rings. The minimum absolute atomic E-state index is 0.275. The fourth-order valence-electron chi connectivity index (χ4n) is 7.03. The lowest BCUT2D eigenvalue weighted by molar-refractivity contribution is 0.0591. The van der Waals surface area contributed by atoms with E-state index in [2.05, 4.69) is 25.3 Å². The van der Waals surface area contributed by atoms with Crippen molar-refractivity contribution in [2.75, 3.05) is 32.4 Å². The molecule has 0 atom stereocenters. The Morgan fingerprint density at radius 3 is 1.55 bits per heavy atom. The lowest BCUT2D eigenvalue weighted by Gasteiger charge is -2.27. The summed E-state index contributed by atoms with van der Waals surface area (Å²) >= 11 is 0. The molecule has 2 aliphatic heterocycles. The minimum Gasteiger partial charge on any atom is -0.342 e. The number of imide groups is 2. The van der Waals surface area contributed by atoms with Crippen LogP contribution in [0.1, 0.15) is 72.3 Å². The van der Waals surface area contributed by atoms with Crippen LogP contribution in [-0.2, 0) is 10.1 Å². The van der Waals surface area contributed by atoms with Crippen molar-refractivity contribution < 1.29 is 32.1 Å². The summed E-state index contributed by atoms with van der Waals surface area (Å²) in [6, 6.07) is 14.6. The van der Waals surface area contributed by atoms with Crippen molar-refractivity contribution in [3.63, 3.8) is 0 Å². The molecule has 0 bridgehead atoms. The van der Waals surface area contributed by atoms with Crippen molar-refractivity contribution >= 4 is 77.4 Å². The highest BCUT2D eigenvalue weighted by molar-refractivity contribution is 7.85. The number of aryl methyl sites for hydroxylation is 2. The molecular weight excluding hydrogens is 675 g/mol. The number of nitrogens with zero attached hydrogens (tertiary/aromatic N) is 4. The molecule has 0 saturated carbocycles. The lowest BCUT2D eigenvalue weighted by Crippen LogP contribution is -2.41. The fraction of sp³-hybridized carbons (Fsp3) is 0.278. The van der Waals surface area contributed by atoms with Crippen LogP contribution in [0.5, 0.6) is 0 Å². The Morgan fingerprint density at radius 1 is 0.667 bits per heavy atom. The summed E-state index contributed by atoms with van der Waals surface area (Å²) in [5.41, 5.74) is 5.15. The predicted octanol–water partition coefficient (Wildman–Crippen LogP) is 4.52. The van der Waals surface area contributed by atoms with E-state index in [9.17, 15) is 27.6 Å². The Morgan fingerprint density at radius 2 is 1.08 bits per heavy atom. The molecule has 4 heterocycles. The number of aromatic nitrogens is 4. The van der Waals surface area contributed by atoms with Gasteiger partial charge in [-0.25, -0.2) is 9.97 Å². The zero-order valence-electron chi connectivity index (χ0n) is 28.2. The standard InChI is InChI=1S/C35H31N7O4.CH4O3S/c1-18-37-26-16-24-28-20(30(26)39-18)8-5-10-22(28)32(43)41(34(24)45)14-4-3-12-36-13-7-15-42-33(44)23-11-6-9-21-29(23)25(35(42)46)17-27-31(21)40-19(2)38-27;1-5(2,3)4/h5-6,8-11,16-17,36H,3-4,7,12-15H2,1-2H3,(H,37,39)(H,38,40);1H3,(H,2,3,4). The second kappa shape index (κ2) is 13.0. The Kier molecular flexibility index (Phi) is 8.65. The van der Waals surface area contributed by atoms with Crippen LogP contribution in [0.15, 0.2) is 48.5 Å². The van der Waals surface area contributed by atoms with E-state index in [1.165, 1.54) is 9.80 Å². The van der Waals surface area contributed by atoms with E-state index in [0.29, 0.717) is 89.3 Å². The quantitative estimate of drug-likeness (QED) is 0.0941. The Hall–Kier alpha value is -5.51. The van der Waals surface area contributed by atoms with E-state index >= 15 is 0 Å². The predicted molar refractivity (Wildman–Crippen MR) is 192 cm³/mol. The number of carbonyl (C=O) groups is 4. The number of fused-ring (bicyclic) bond motifs is 4. The van der Waals surface area contributed by atoms with Gasteiger partial charge < -0.3 is 15.3 Å². The van der Waals surface area contributed by atoms with Gasteiger partial charge >= 0.3 is 0 Å². The number of imidazole rings is 2. The molecule has 262 valence electrons. The van der Waals surface area contributed by atoms with Crippen LogP contribution >= 0.6 is 0 Å².